The summed E-state index contributed by atoms with van der Waals surface area (Å²) in [5, 5.41) is 19.2. The van der Waals surface area contributed by atoms with Crippen molar-refractivity contribution in [1.82, 2.24) is 10.2 Å². The van der Waals surface area contributed by atoms with Crippen molar-refractivity contribution in [3.8, 4) is 11.5 Å². The highest BCUT2D eigenvalue weighted by Crippen LogP contribution is 2.36. The Kier molecular flexibility index (Phi) is 3.57. The Morgan fingerprint density at radius 3 is 2.63 bits per heavy atom. The average Bonchev–Trinajstić information content (AvgIpc) is 3.34. The van der Waals surface area contributed by atoms with E-state index in [4.69, 9.17) is 4.42 Å². The van der Waals surface area contributed by atoms with Gasteiger partial charge in [0.25, 0.3) is 0 Å². The van der Waals surface area contributed by atoms with Gasteiger partial charge in [0.2, 0.25) is 0 Å². The number of fused-ring (bicyclic) bond motifs is 3. The number of aromatic nitrogens is 2. The lowest BCUT2D eigenvalue weighted by atomic mass is 10.1. The third-order valence-corrected chi connectivity index (χ3v) is 4.60. The fraction of sp³-hybridized carbons (Fsp3) is 0.0455. The molecule has 2 heterocycles. The molecule has 2 aromatic heterocycles. The summed E-state index contributed by atoms with van der Waals surface area (Å²) in [5.41, 5.74) is 4.17. The van der Waals surface area contributed by atoms with Crippen molar-refractivity contribution in [2.75, 3.05) is 0 Å². The van der Waals surface area contributed by atoms with Crippen LogP contribution in [0.15, 0.2) is 87.6 Å². The zero-order valence-electron chi connectivity index (χ0n) is 14.7. The van der Waals surface area contributed by atoms with Gasteiger partial charge in [0.1, 0.15) is 17.0 Å². The number of aromatic amines is 1. The van der Waals surface area contributed by atoms with Crippen LogP contribution in [0.25, 0.3) is 33.2 Å². The third kappa shape index (κ3) is 2.79. The number of hydrogen-bond donors (Lipinski definition) is 1. The summed E-state index contributed by atoms with van der Waals surface area (Å²) < 4.78 is 6.06. The van der Waals surface area contributed by atoms with E-state index in [1.807, 2.05) is 55.5 Å². The zero-order chi connectivity index (χ0) is 18.2. The summed E-state index contributed by atoms with van der Waals surface area (Å²) in [7, 11) is 0. The molecule has 5 aromatic rings. The molecule has 0 amide bonds. The molecular formula is C22H16N4O. The highest BCUT2D eigenvalue weighted by atomic mass is 16.3. The van der Waals surface area contributed by atoms with Gasteiger partial charge in [0, 0.05) is 5.39 Å². The van der Waals surface area contributed by atoms with Crippen molar-refractivity contribution in [3.05, 3.63) is 78.5 Å². The second kappa shape index (κ2) is 6.21. The van der Waals surface area contributed by atoms with Crippen LogP contribution in [0.3, 0.4) is 0 Å². The monoisotopic (exact) mass is 352 g/mol. The van der Waals surface area contributed by atoms with Crippen molar-refractivity contribution in [2.45, 2.75) is 6.92 Å². The molecule has 0 radical (unpaired) electrons. The number of furan rings is 1. The molecule has 0 fully saturated rings. The van der Waals surface area contributed by atoms with Crippen LogP contribution in [0, 0.1) is 6.92 Å². The Morgan fingerprint density at radius 2 is 1.74 bits per heavy atom. The van der Waals surface area contributed by atoms with Gasteiger partial charge in [-0.05, 0) is 42.0 Å². The Hall–Kier alpha value is -3.73. The molecule has 0 saturated heterocycles. The van der Waals surface area contributed by atoms with Gasteiger partial charge in [-0.2, -0.15) is 10.2 Å². The van der Waals surface area contributed by atoms with Crippen molar-refractivity contribution in [2.24, 2.45) is 10.2 Å². The molecule has 0 aliphatic rings. The molecule has 5 nitrogen and oxygen atoms in total. The van der Waals surface area contributed by atoms with Crippen LogP contribution >= 0.6 is 0 Å². The highest BCUT2D eigenvalue weighted by Gasteiger charge is 2.14. The fourth-order valence-corrected chi connectivity index (χ4v) is 3.18. The van der Waals surface area contributed by atoms with Crippen molar-refractivity contribution < 1.29 is 4.42 Å². The second-order valence-electron chi connectivity index (χ2n) is 6.47. The lowest BCUT2D eigenvalue weighted by Crippen LogP contribution is -1.74. The van der Waals surface area contributed by atoms with Crippen molar-refractivity contribution in [1.29, 1.82) is 0 Å². The number of benzene rings is 3. The number of aryl methyl sites for hydroxylation is 1. The smallest absolute Gasteiger partial charge is 0.155 e. The number of azo groups is 1. The Labute approximate surface area is 155 Å². The van der Waals surface area contributed by atoms with Gasteiger partial charge >= 0.3 is 0 Å². The lowest BCUT2D eigenvalue weighted by Gasteiger charge is -1.96. The fourth-order valence-electron chi connectivity index (χ4n) is 3.18. The second-order valence-corrected chi connectivity index (χ2v) is 6.47. The first-order valence-electron chi connectivity index (χ1n) is 8.71. The van der Waals surface area contributed by atoms with E-state index in [-0.39, 0.29) is 0 Å². The largest absolute Gasteiger partial charge is 0.454 e. The molecule has 0 aliphatic heterocycles. The molecule has 5 heteroatoms. The van der Waals surface area contributed by atoms with Crippen LogP contribution in [-0.2, 0) is 0 Å². The predicted molar refractivity (Wildman–Crippen MR) is 107 cm³/mol. The van der Waals surface area contributed by atoms with Gasteiger partial charge in [0.15, 0.2) is 5.76 Å². The van der Waals surface area contributed by atoms with Crippen LogP contribution in [0.1, 0.15) is 5.56 Å². The van der Waals surface area contributed by atoms with Gasteiger partial charge in [0.05, 0.1) is 11.9 Å². The number of rotatable bonds is 3. The molecule has 130 valence electrons. The average molecular weight is 352 g/mol. The minimum absolute atomic E-state index is 0.638. The van der Waals surface area contributed by atoms with Crippen LogP contribution in [0.5, 0.6) is 0 Å². The first-order chi connectivity index (χ1) is 13.3. The highest BCUT2D eigenvalue weighted by molar-refractivity contribution is 6.07. The van der Waals surface area contributed by atoms with Crippen molar-refractivity contribution in [3.63, 3.8) is 0 Å². The molecular weight excluding hydrogens is 336 g/mol. The third-order valence-electron chi connectivity index (χ3n) is 4.60. The molecule has 0 unspecified atom stereocenters. The SMILES string of the molecule is Cc1ccc(N=Nc2cn[nH]c2-c2cc3c(ccc4ccccc43)o2)cc1. The van der Waals surface area contributed by atoms with E-state index in [1.165, 1.54) is 10.9 Å². The maximum absolute atomic E-state index is 6.06. The van der Waals surface area contributed by atoms with Crippen LogP contribution in [0.2, 0.25) is 0 Å². The van der Waals surface area contributed by atoms with Crippen LogP contribution < -0.4 is 0 Å². The molecule has 0 bridgehead atoms. The van der Waals surface area contributed by atoms with Crippen molar-refractivity contribution >= 4 is 33.1 Å². The number of nitrogens with one attached hydrogen (secondary N) is 1. The van der Waals surface area contributed by atoms with Gasteiger partial charge in [-0.1, -0.05) is 48.0 Å². The Bertz CT molecular complexity index is 1280. The van der Waals surface area contributed by atoms with Crippen LogP contribution in [0.4, 0.5) is 11.4 Å². The summed E-state index contributed by atoms with van der Waals surface area (Å²) in [6, 6.07) is 22.2. The van der Waals surface area contributed by atoms with E-state index >= 15 is 0 Å². The lowest BCUT2D eigenvalue weighted by molar-refractivity contribution is 0.628. The number of H-pyrrole nitrogens is 1. The van der Waals surface area contributed by atoms with Gasteiger partial charge in [-0.25, -0.2) is 0 Å². The molecule has 3 aromatic carbocycles. The predicted octanol–water partition coefficient (Wildman–Crippen LogP) is 6.70. The van der Waals surface area contributed by atoms with E-state index in [1.54, 1.807) is 6.20 Å². The van der Waals surface area contributed by atoms with E-state index < -0.39 is 0 Å². The zero-order valence-corrected chi connectivity index (χ0v) is 14.7. The molecule has 0 saturated carbocycles. The number of hydrogen-bond acceptors (Lipinski definition) is 4. The summed E-state index contributed by atoms with van der Waals surface area (Å²) in [6.07, 6.45) is 1.65. The summed E-state index contributed by atoms with van der Waals surface area (Å²) in [4.78, 5) is 0. The Balaban J connectivity index is 1.57. The van der Waals surface area contributed by atoms with Gasteiger partial charge in [-0.3, -0.25) is 5.10 Å². The van der Waals surface area contributed by atoms with Crippen LogP contribution in [-0.4, -0.2) is 10.2 Å². The number of nitrogens with zero attached hydrogens (tertiary/aromatic N) is 3. The first-order valence-corrected chi connectivity index (χ1v) is 8.71. The van der Waals surface area contributed by atoms with E-state index in [9.17, 15) is 0 Å². The summed E-state index contributed by atoms with van der Waals surface area (Å²) in [5.74, 6) is 0.691. The molecule has 0 atom stereocenters. The summed E-state index contributed by atoms with van der Waals surface area (Å²) in [6.45, 7) is 2.04. The molecule has 0 spiro atoms. The maximum atomic E-state index is 6.06. The normalized spacial score (nSPS) is 11.7. The van der Waals surface area contributed by atoms with E-state index in [2.05, 4.69) is 38.6 Å². The Morgan fingerprint density at radius 1 is 0.889 bits per heavy atom. The molecule has 1 N–H and O–H groups in total. The van der Waals surface area contributed by atoms with E-state index in [0.717, 1.165) is 22.0 Å². The topological polar surface area (TPSA) is 66.5 Å². The minimum atomic E-state index is 0.638. The van der Waals surface area contributed by atoms with Gasteiger partial charge in [-0.15, -0.1) is 5.11 Å². The first kappa shape index (κ1) is 15.5. The standard InChI is InChI=1S/C22H16N4O/c1-14-6-9-16(10-7-14)24-25-19-13-23-26-22(19)21-12-18-17-5-3-2-4-15(17)8-11-20(18)27-21/h2-13H,1H3,(H,23,26). The summed E-state index contributed by atoms with van der Waals surface area (Å²) >= 11 is 0. The quantitative estimate of drug-likeness (QED) is 0.367. The van der Waals surface area contributed by atoms with Gasteiger partial charge < -0.3 is 4.42 Å². The maximum Gasteiger partial charge on any atom is 0.155 e. The molecule has 5 rings (SSSR count). The minimum Gasteiger partial charge on any atom is -0.454 e. The molecule has 27 heavy (non-hydrogen) atoms. The molecule has 0 aliphatic carbocycles. The van der Waals surface area contributed by atoms with E-state index in [0.29, 0.717) is 17.1 Å².